The van der Waals surface area contributed by atoms with Gasteiger partial charge in [0.2, 0.25) is 0 Å². The second-order valence-corrected chi connectivity index (χ2v) is 8.97. The minimum atomic E-state index is -6.06. The van der Waals surface area contributed by atoms with E-state index >= 15 is 0 Å². The third kappa shape index (κ3) is 8.67. The highest BCUT2D eigenvalue weighted by molar-refractivity contribution is 7.87. The Balaban J connectivity index is 3.32. The van der Waals surface area contributed by atoms with E-state index in [4.69, 9.17) is 18.9 Å². The van der Waals surface area contributed by atoms with Crippen LogP contribution in [0.3, 0.4) is 0 Å². The Bertz CT molecular complexity index is 800. The second-order valence-electron chi connectivity index (χ2n) is 7.36. The molecule has 34 heavy (non-hydrogen) atoms. The number of rotatable bonds is 12. The third-order valence-electron chi connectivity index (χ3n) is 4.45. The van der Waals surface area contributed by atoms with Crippen molar-refractivity contribution in [1.29, 1.82) is 0 Å². The molecule has 11 nitrogen and oxygen atoms in total. The summed E-state index contributed by atoms with van der Waals surface area (Å²) in [5.74, 6) is -2.55. The fourth-order valence-electron chi connectivity index (χ4n) is 2.90. The first-order valence-electron chi connectivity index (χ1n) is 10.6. The van der Waals surface area contributed by atoms with Crippen molar-refractivity contribution in [2.24, 2.45) is 0 Å². The molecule has 0 aromatic heterocycles. The van der Waals surface area contributed by atoms with Gasteiger partial charge in [-0.05, 0) is 19.3 Å². The standard InChI is InChI=1S/C19H29F3O11S/c1-4-7-12(23)31-15-11(10-29-34(27,28)19(20,21)22)30-18(26)17(33-14(25)9-6-3)16(15)32-13(24)8-5-2/h11,15-18,26H,4-10H2,1-3H3/t11-,15-,16+,17-,18?/m1/s1. The summed E-state index contributed by atoms with van der Waals surface area (Å²) in [5, 5.41) is 10.4. The predicted octanol–water partition coefficient (Wildman–Crippen LogP) is 1.71. The minimum absolute atomic E-state index is 0.0878. The van der Waals surface area contributed by atoms with Gasteiger partial charge in [-0.2, -0.15) is 21.6 Å². The maximum Gasteiger partial charge on any atom is 0.523 e. The summed E-state index contributed by atoms with van der Waals surface area (Å²) in [6, 6.07) is 0. The fraction of sp³-hybridized carbons (Fsp3) is 0.842. The number of carbonyl (C=O) groups is 3. The molecule has 1 aliphatic rings. The number of aliphatic hydroxyl groups is 1. The number of ether oxygens (including phenoxy) is 4. The molecule has 198 valence electrons. The van der Waals surface area contributed by atoms with Crippen LogP contribution in [0.5, 0.6) is 0 Å². The van der Waals surface area contributed by atoms with Crippen LogP contribution in [0.2, 0.25) is 0 Å². The van der Waals surface area contributed by atoms with Crippen molar-refractivity contribution in [3.05, 3.63) is 0 Å². The van der Waals surface area contributed by atoms with Crippen LogP contribution >= 0.6 is 0 Å². The number of halogens is 3. The highest BCUT2D eigenvalue weighted by atomic mass is 32.2. The van der Waals surface area contributed by atoms with E-state index in [1.54, 1.807) is 20.8 Å². The Morgan fingerprint density at radius 1 is 0.824 bits per heavy atom. The smallest absolute Gasteiger partial charge is 0.455 e. The van der Waals surface area contributed by atoms with E-state index in [0.29, 0.717) is 19.3 Å². The van der Waals surface area contributed by atoms with Gasteiger partial charge in [0, 0.05) is 19.3 Å². The lowest BCUT2D eigenvalue weighted by molar-refractivity contribution is -0.295. The molecular weight excluding hydrogens is 493 g/mol. The summed E-state index contributed by atoms with van der Waals surface area (Å²) >= 11 is 0. The quantitative estimate of drug-likeness (QED) is 0.173. The maximum absolute atomic E-state index is 12.7. The number of carbonyl (C=O) groups excluding carboxylic acids is 3. The van der Waals surface area contributed by atoms with Gasteiger partial charge in [-0.15, -0.1) is 0 Å². The summed E-state index contributed by atoms with van der Waals surface area (Å²) in [6.07, 6.45) is -8.43. The summed E-state index contributed by atoms with van der Waals surface area (Å²) in [6.45, 7) is 3.60. The van der Waals surface area contributed by atoms with Crippen LogP contribution in [-0.2, 0) is 47.6 Å². The molecule has 1 unspecified atom stereocenters. The highest BCUT2D eigenvalue weighted by Crippen LogP contribution is 2.31. The van der Waals surface area contributed by atoms with Crippen molar-refractivity contribution in [3.8, 4) is 0 Å². The average molecular weight is 522 g/mol. The number of aliphatic hydroxyl groups excluding tert-OH is 1. The van der Waals surface area contributed by atoms with Gasteiger partial charge in [0.05, 0.1) is 6.61 Å². The number of hydrogen-bond donors (Lipinski definition) is 1. The monoisotopic (exact) mass is 522 g/mol. The molecule has 1 heterocycles. The highest BCUT2D eigenvalue weighted by Gasteiger charge is 2.54. The molecule has 5 atom stereocenters. The van der Waals surface area contributed by atoms with E-state index in [-0.39, 0.29) is 19.3 Å². The van der Waals surface area contributed by atoms with Crippen LogP contribution in [0.15, 0.2) is 0 Å². The molecule has 1 fully saturated rings. The molecule has 15 heteroatoms. The van der Waals surface area contributed by atoms with Crippen molar-refractivity contribution < 1.29 is 64.2 Å². The molecule has 0 saturated carbocycles. The number of alkyl halides is 3. The van der Waals surface area contributed by atoms with Crippen molar-refractivity contribution in [3.63, 3.8) is 0 Å². The van der Waals surface area contributed by atoms with E-state index in [0.717, 1.165) is 0 Å². The predicted molar refractivity (Wildman–Crippen MR) is 106 cm³/mol. The van der Waals surface area contributed by atoms with Gasteiger partial charge in [0.15, 0.2) is 24.6 Å². The molecule has 1 saturated heterocycles. The summed E-state index contributed by atoms with van der Waals surface area (Å²) in [7, 11) is -6.06. The molecule has 0 radical (unpaired) electrons. The first kappa shape index (κ1) is 30.1. The molecule has 0 spiro atoms. The van der Waals surface area contributed by atoms with Crippen LogP contribution in [0.1, 0.15) is 59.3 Å². The Morgan fingerprint density at radius 2 is 1.24 bits per heavy atom. The van der Waals surface area contributed by atoms with Crippen molar-refractivity contribution in [2.75, 3.05) is 6.61 Å². The SMILES string of the molecule is CCCC(=O)O[C@H]1[C@H](OC(=O)CCC)[C@@H](OC(=O)CCC)C(O)O[C@@H]1COS(=O)(=O)C(F)(F)F. The molecule has 0 aromatic carbocycles. The summed E-state index contributed by atoms with van der Waals surface area (Å²) in [4.78, 5) is 36.4. The Labute approximate surface area is 194 Å². The second kappa shape index (κ2) is 13.2. The largest absolute Gasteiger partial charge is 0.523 e. The van der Waals surface area contributed by atoms with E-state index in [9.17, 15) is 41.1 Å². The lowest BCUT2D eigenvalue weighted by Gasteiger charge is -2.43. The molecule has 1 N–H and O–H groups in total. The van der Waals surface area contributed by atoms with E-state index < -0.39 is 70.8 Å². The van der Waals surface area contributed by atoms with Gasteiger partial charge in [-0.3, -0.25) is 18.6 Å². The Hall–Kier alpha value is -1.97. The lowest BCUT2D eigenvalue weighted by atomic mass is 9.98. The van der Waals surface area contributed by atoms with Crippen LogP contribution < -0.4 is 0 Å². The molecule has 0 bridgehead atoms. The third-order valence-corrected chi connectivity index (χ3v) is 5.46. The fourth-order valence-corrected chi connectivity index (χ4v) is 3.35. The molecule has 0 aromatic rings. The summed E-state index contributed by atoms with van der Waals surface area (Å²) in [5.41, 5.74) is -5.75. The van der Waals surface area contributed by atoms with Crippen LogP contribution in [0.4, 0.5) is 13.2 Å². The van der Waals surface area contributed by atoms with E-state index in [2.05, 4.69) is 4.18 Å². The van der Waals surface area contributed by atoms with Crippen LogP contribution in [-0.4, -0.2) is 74.3 Å². The molecule has 0 amide bonds. The van der Waals surface area contributed by atoms with Gasteiger partial charge in [0.1, 0.15) is 6.10 Å². The molecule has 1 rings (SSSR count). The Kier molecular flexibility index (Phi) is 11.7. The van der Waals surface area contributed by atoms with Gasteiger partial charge >= 0.3 is 33.5 Å². The molecular formula is C19H29F3O11S. The zero-order valence-corrected chi connectivity index (χ0v) is 19.7. The average Bonchev–Trinajstić information content (AvgIpc) is 2.71. The van der Waals surface area contributed by atoms with Gasteiger partial charge < -0.3 is 24.1 Å². The van der Waals surface area contributed by atoms with E-state index in [1.165, 1.54) is 0 Å². The minimum Gasteiger partial charge on any atom is -0.455 e. The lowest BCUT2D eigenvalue weighted by Crippen LogP contribution is -2.62. The van der Waals surface area contributed by atoms with Crippen LogP contribution in [0.25, 0.3) is 0 Å². The number of hydrogen-bond acceptors (Lipinski definition) is 11. The normalized spacial score (nSPS) is 25.4. The first-order chi connectivity index (χ1) is 15.8. The van der Waals surface area contributed by atoms with Crippen molar-refractivity contribution >= 4 is 28.0 Å². The van der Waals surface area contributed by atoms with E-state index in [1.807, 2.05) is 0 Å². The van der Waals surface area contributed by atoms with Crippen LogP contribution in [0, 0.1) is 0 Å². The van der Waals surface area contributed by atoms with Gasteiger partial charge in [0.25, 0.3) is 0 Å². The zero-order valence-electron chi connectivity index (χ0n) is 18.9. The topological polar surface area (TPSA) is 152 Å². The first-order valence-corrected chi connectivity index (χ1v) is 12.1. The number of esters is 3. The van der Waals surface area contributed by atoms with Gasteiger partial charge in [-0.1, -0.05) is 20.8 Å². The van der Waals surface area contributed by atoms with Crippen molar-refractivity contribution in [2.45, 2.75) is 95.5 Å². The molecule has 1 aliphatic heterocycles. The Morgan fingerprint density at radius 3 is 1.65 bits per heavy atom. The molecule has 0 aliphatic carbocycles. The van der Waals surface area contributed by atoms with Crippen molar-refractivity contribution in [1.82, 2.24) is 0 Å². The summed E-state index contributed by atoms with van der Waals surface area (Å²) < 4.78 is 85.3. The van der Waals surface area contributed by atoms with Gasteiger partial charge in [-0.25, -0.2) is 0 Å². The zero-order chi connectivity index (χ0) is 26.1. The maximum atomic E-state index is 12.7.